The number of hydrogen-bond donors (Lipinski definition) is 1. The van der Waals surface area contributed by atoms with Gasteiger partial charge in [-0.15, -0.1) is 0 Å². The second-order valence-corrected chi connectivity index (χ2v) is 6.51. The van der Waals surface area contributed by atoms with Crippen molar-refractivity contribution < 1.29 is 18.7 Å². The number of nitrogens with one attached hydrogen (secondary N) is 1. The Kier molecular flexibility index (Phi) is 3.60. The SMILES string of the molecule is O=C(Nc1ccc2c(c1)OCO2)c1nn(-c2ccccc2F)c2c1CCC2. The Morgan fingerprint density at radius 3 is 2.85 bits per heavy atom. The summed E-state index contributed by atoms with van der Waals surface area (Å²) in [6, 6.07) is 11.7. The maximum absolute atomic E-state index is 14.2. The number of aromatic nitrogens is 2. The number of nitrogens with zero attached hydrogens (tertiary/aromatic N) is 2. The van der Waals surface area contributed by atoms with E-state index in [1.54, 1.807) is 41.1 Å². The Morgan fingerprint density at radius 2 is 1.96 bits per heavy atom. The first-order chi connectivity index (χ1) is 13.2. The average molecular weight is 365 g/mol. The van der Waals surface area contributed by atoms with Crippen LogP contribution in [-0.4, -0.2) is 22.5 Å². The Bertz CT molecular complexity index is 1060. The van der Waals surface area contributed by atoms with Crippen molar-refractivity contribution in [1.82, 2.24) is 9.78 Å². The standard InChI is InChI=1S/C20H16FN3O3/c21-14-5-1-2-6-16(14)24-15-7-3-4-13(15)19(23-24)20(25)22-12-8-9-17-18(10-12)27-11-26-17/h1-2,5-6,8-10H,3-4,7,11H2,(H,22,25). The molecular formula is C20H16FN3O3. The van der Waals surface area contributed by atoms with Gasteiger partial charge in [-0.3, -0.25) is 4.79 Å². The van der Waals surface area contributed by atoms with E-state index in [9.17, 15) is 9.18 Å². The van der Waals surface area contributed by atoms with Gasteiger partial charge in [-0.25, -0.2) is 9.07 Å². The number of fused-ring (bicyclic) bond motifs is 2. The molecule has 3 aromatic rings. The molecule has 136 valence electrons. The molecule has 1 N–H and O–H groups in total. The fourth-order valence-corrected chi connectivity index (χ4v) is 3.61. The van der Waals surface area contributed by atoms with Crippen molar-refractivity contribution in [2.45, 2.75) is 19.3 Å². The summed E-state index contributed by atoms with van der Waals surface area (Å²) < 4.78 is 26.4. The smallest absolute Gasteiger partial charge is 0.276 e. The average Bonchev–Trinajstić information content (AvgIpc) is 3.38. The molecular weight excluding hydrogens is 349 g/mol. The van der Waals surface area contributed by atoms with Crippen molar-refractivity contribution >= 4 is 11.6 Å². The van der Waals surface area contributed by atoms with Crippen LogP contribution in [0.2, 0.25) is 0 Å². The van der Waals surface area contributed by atoms with Crippen molar-refractivity contribution in [3.63, 3.8) is 0 Å². The lowest BCUT2D eigenvalue weighted by atomic mass is 10.2. The summed E-state index contributed by atoms with van der Waals surface area (Å²) in [5.74, 6) is 0.562. The van der Waals surface area contributed by atoms with Crippen LogP contribution in [0.4, 0.5) is 10.1 Å². The van der Waals surface area contributed by atoms with E-state index in [4.69, 9.17) is 9.47 Å². The minimum Gasteiger partial charge on any atom is -0.454 e. The number of para-hydroxylation sites is 1. The van der Waals surface area contributed by atoms with Crippen LogP contribution >= 0.6 is 0 Å². The first kappa shape index (κ1) is 15.9. The minimum atomic E-state index is -0.363. The maximum atomic E-state index is 14.2. The fraction of sp³-hybridized carbons (Fsp3) is 0.200. The van der Waals surface area contributed by atoms with Crippen molar-refractivity contribution in [3.05, 3.63) is 65.2 Å². The van der Waals surface area contributed by atoms with Gasteiger partial charge in [-0.05, 0) is 43.5 Å². The Labute approximate surface area is 154 Å². The summed E-state index contributed by atoms with van der Waals surface area (Å²) in [6.07, 6.45) is 2.45. The Morgan fingerprint density at radius 1 is 1.11 bits per heavy atom. The Balaban J connectivity index is 1.49. The van der Waals surface area contributed by atoms with Gasteiger partial charge in [-0.2, -0.15) is 5.10 Å². The summed E-state index contributed by atoms with van der Waals surface area (Å²) >= 11 is 0. The summed E-state index contributed by atoms with van der Waals surface area (Å²) in [7, 11) is 0. The number of ether oxygens (including phenoxy) is 2. The van der Waals surface area contributed by atoms with Crippen LogP contribution in [0.25, 0.3) is 5.69 Å². The predicted molar refractivity (Wildman–Crippen MR) is 96.1 cm³/mol. The largest absolute Gasteiger partial charge is 0.454 e. The molecule has 2 aromatic carbocycles. The predicted octanol–water partition coefficient (Wildman–Crippen LogP) is 3.48. The molecule has 7 heteroatoms. The molecule has 27 heavy (non-hydrogen) atoms. The van der Waals surface area contributed by atoms with Crippen LogP contribution in [0.15, 0.2) is 42.5 Å². The zero-order valence-electron chi connectivity index (χ0n) is 14.4. The molecule has 5 rings (SSSR count). The third kappa shape index (κ3) is 2.63. The van der Waals surface area contributed by atoms with Gasteiger partial charge in [0.1, 0.15) is 11.5 Å². The lowest BCUT2D eigenvalue weighted by Gasteiger charge is -2.07. The van der Waals surface area contributed by atoms with Gasteiger partial charge in [-0.1, -0.05) is 12.1 Å². The molecule has 0 unspecified atom stereocenters. The third-order valence-electron chi connectivity index (χ3n) is 4.86. The van der Waals surface area contributed by atoms with Crippen molar-refractivity contribution in [3.8, 4) is 17.2 Å². The number of carbonyl (C=O) groups excluding carboxylic acids is 1. The normalized spacial score (nSPS) is 14.3. The van der Waals surface area contributed by atoms with E-state index in [2.05, 4.69) is 10.4 Å². The summed E-state index contributed by atoms with van der Waals surface area (Å²) in [5, 5.41) is 7.29. The fourth-order valence-electron chi connectivity index (χ4n) is 3.61. The molecule has 2 heterocycles. The highest BCUT2D eigenvalue weighted by Crippen LogP contribution is 2.35. The van der Waals surface area contributed by atoms with Gasteiger partial charge in [0.15, 0.2) is 17.2 Å². The van der Waals surface area contributed by atoms with Crippen LogP contribution in [0, 0.1) is 5.82 Å². The highest BCUT2D eigenvalue weighted by Gasteiger charge is 2.28. The van der Waals surface area contributed by atoms with E-state index in [1.807, 2.05) is 0 Å². The van der Waals surface area contributed by atoms with Gasteiger partial charge >= 0.3 is 0 Å². The summed E-state index contributed by atoms with van der Waals surface area (Å²) in [6.45, 7) is 0.174. The number of halogens is 1. The van der Waals surface area contributed by atoms with E-state index in [-0.39, 0.29) is 18.5 Å². The molecule has 0 fully saturated rings. The highest BCUT2D eigenvalue weighted by atomic mass is 19.1. The van der Waals surface area contributed by atoms with Gasteiger partial charge < -0.3 is 14.8 Å². The first-order valence-corrected chi connectivity index (χ1v) is 8.77. The third-order valence-corrected chi connectivity index (χ3v) is 4.86. The van der Waals surface area contributed by atoms with E-state index in [0.717, 1.165) is 30.5 Å². The summed E-state index contributed by atoms with van der Waals surface area (Å²) in [4.78, 5) is 12.9. The molecule has 0 saturated carbocycles. The second-order valence-electron chi connectivity index (χ2n) is 6.51. The monoisotopic (exact) mass is 365 g/mol. The first-order valence-electron chi connectivity index (χ1n) is 8.77. The molecule has 0 saturated heterocycles. The van der Waals surface area contributed by atoms with E-state index in [1.165, 1.54) is 6.07 Å². The molecule has 2 aliphatic rings. The molecule has 0 radical (unpaired) electrons. The van der Waals surface area contributed by atoms with Crippen LogP contribution in [0.3, 0.4) is 0 Å². The maximum Gasteiger partial charge on any atom is 0.276 e. The molecule has 0 bridgehead atoms. The number of anilines is 1. The van der Waals surface area contributed by atoms with Crippen molar-refractivity contribution in [2.75, 3.05) is 12.1 Å². The lowest BCUT2D eigenvalue weighted by molar-refractivity contribution is 0.102. The second kappa shape index (κ2) is 6.12. The summed E-state index contributed by atoms with van der Waals surface area (Å²) in [5.41, 5.74) is 3.07. The molecule has 6 nitrogen and oxygen atoms in total. The van der Waals surface area contributed by atoms with Gasteiger partial charge in [0.2, 0.25) is 6.79 Å². The van der Waals surface area contributed by atoms with E-state index in [0.29, 0.717) is 28.6 Å². The zero-order chi connectivity index (χ0) is 18.4. The molecule has 0 spiro atoms. The van der Waals surface area contributed by atoms with Crippen molar-refractivity contribution in [1.29, 1.82) is 0 Å². The minimum absolute atomic E-state index is 0.174. The number of amides is 1. The molecule has 1 aromatic heterocycles. The lowest BCUT2D eigenvalue weighted by Crippen LogP contribution is -2.15. The zero-order valence-corrected chi connectivity index (χ0v) is 14.4. The van der Waals surface area contributed by atoms with Gasteiger partial charge in [0.05, 0.1) is 0 Å². The van der Waals surface area contributed by atoms with E-state index >= 15 is 0 Å². The number of carbonyl (C=O) groups is 1. The molecule has 1 amide bonds. The van der Waals surface area contributed by atoms with Crippen LogP contribution < -0.4 is 14.8 Å². The Hall–Kier alpha value is -3.35. The molecule has 0 atom stereocenters. The van der Waals surface area contributed by atoms with Gasteiger partial charge in [0, 0.05) is 23.0 Å². The molecule has 1 aliphatic carbocycles. The number of hydrogen-bond acceptors (Lipinski definition) is 4. The number of rotatable bonds is 3. The van der Waals surface area contributed by atoms with Crippen LogP contribution in [0.1, 0.15) is 28.2 Å². The number of benzene rings is 2. The van der Waals surface area contributed by atoms with Crippen molar-refractivity contribution in [2.24, 2.45) is 0 Å². The van der Waals surface area contributed by atoms with Gasteiger partial charge in [0.25, 0.3) is 5.91 Å². The van der Waals surface area contributed by atoms with E-state index < -0.39 is 0 Å². The molecule has 1 aliphatic heterocycles. The highest BCUT2D eigenvalue weighted by molar-refractivity contribution is 6.04. The van der Waals surface area contributed by atoms with Crippen LogP contribution in [0.5, 0.6) is 11.5 Å². The quantitative estimate of drug-likeness (QED) is 0.772. The van der Waals surface area contributed by atoms with Crippen LogP contribution in [-0.2, 0) is 12.8 Å². The topological polar surface area (TPSA) is 65.4 Å².